The fourth-order valence-corrected chi connectivity index (χ4v) is 5.24. The van der Waals surface area contributed by atoms with Crippen LogP contribution in [0.1, 0.15) is 34.2 Å². The molecule has 0 atom stereocenters. The Kier molecular flexibility index (Phi) is 4.66. The number of hydrogen-bond acceptors (Lipinski definition) is 4. The van der Waals surface area contributed by atoms with Crippen molar-refractivity contribution in [3.05, 3.63) is 52.5 Å². The molecule has 0 spiro atoms. The van der Waals surface area contributed by atoms with Crippen LogP contribution in [0.15, 0.2) is 41.9 Å². The van der Waals surface area contributed by atoms with Crippen LogP contribution in [0.25, 0.3) is 6.08 Å². The normalized spacial score (nSPS) is 17.3. The quantitative estimate of drug-likeness (QED) is 0.847. The van der Waals surface area contributed by atoms with E-state index in [9.17, 15) is 8.42 Å². The number of nitrogens with zero attached hydrogens (tertiary/aromatic N) is 2. The van der Waals surface area contributed by atoms with E-state index < -0.39 is 10.0 Å². The lowest BCUT2D eigenvalue weighted by Gasteiger charge is -2.30. The van der Waals surface area contributed by atoms with Crippen LogP contribution >= 0.6 is 11.3 Å². The Morgan fingerprint density at radius 1 is 1.26 bits per heavy atom. The number of hydrogen-bond donors (Lipinski definition) is 0. The van der Waals surface area contributed by atoms with Gasteiger partial charge in [-0.3, -0.25) is 0 Å². The van der Waals surface area contributed by atoms with Gasteiger partial charge in [0.2, 0.25) is 10.0 Å². The second kappa shape index (κ2) is 6.55. The Labute approximate surface area is 141 Å². The minimum Gasteiger partial charge on any atom is -0.249 e. The van der Waals surface area contributed by atoms with Gasteiger partial charge in [0.15, 0.2) is 0 Å². The second-order valence-corrected chi connectivity index (χ2v) is 8.96. The van der Waals surface area contributed by atoms with Crippen LogP contribution in [0.3, 0.4) is 0 Å². The van der Waals surface area contributed by atoms with Gasteiger partial charge < -0.3 is 0 Å². The number of aryl methyl sites for hydroxylation is 1. The van der Waals surface area contributed by atoms with Crippen molar-refractivity contribution in [3.63, 3.8) is 0 Å². The highest BCUT2D eigenvalue weighted by Gasteiger charge is 2.30. The van der Waals surface area contributed by atoms with E-state index in [0.717, 1.165) is 23.4 Å². The molecule has 23 heavy (non-hydrogen) atoms. The fourth-order valence-electron chi connectivity index (χ4n) is 2.83. The predicted octanol–water partition coefficient (Wildman–Crippen LogP) is 3.66. The molecule has 0 radical (unpaired) electrons. The largest absolute Gasteiger partial charge is 0.249 e. The molecule has 6 heteroatoms. The Morgan fingerprint density at radius 2 is 1.91 bits per heavy atom. The van der Waals surface area contributed by atoms with Crippen LogP contribution in [0, 0.1) is 6.92 Å². The summed E-state index contributed by atoms with van der Waals surface area (Å²) >= 11 is 1.71. The average molecular weight is 348 g/mol. The summed E-state index contributed by atoms with van der Waals surface area (Å²) in [5.74, 6) is 0.378. The minimum absolute atomic E-state index is 0.353. The summed E-state index contributed by atoms with van der Waals surface area (Å²) in [5, 5.41) is 1.13. The molecule has 0 N–H and O–H groups in total. The highest BCUT2D eigenvalue weighted by Crippen LogP contribution is 2.32. The van der Waals surface area contributed by atoms with Crippen LogP contribution in [-0.2, 0) is 10.0 Å². The van der Waals surface area contributed by atoms with Crippen molar-refractivity contribution < 1.29 is 8.42 Å². The van der Waals surface area contributed by atoms with E-state index in [1.807, 2.05) is 13.1 Å². The van der Waals surface area contributed by atoms with Crippen LogP contribution in [0.5, 0.6) is 0 Å². The summed E-state index contributed by atoms with van der Waals surface area (Å²) in [7, 11) is -3.41. The molecule has 0 unspecified atom stereocenters. The van der Waals surface area contributed by atoms with Crippen LogP contribution in [0.2, 0.25) is 0 Å². The molecular formula is C17H20N2O2S2. The molecule has 1 aliphatic rings. The summed E-state index contributed by atoms with van der Waals surface area (Å²) < 4.78 is 27.0. The fraction of sp³-hybridized carbons (Fsp3) is 0.353. The second-order valence-electron chi connectivity index (χ2n) is 5.76. The molecule has 0 aliphatic carbocycles. The number of benzene rings is 1. The molecular weight excluding hydrogens is 328 g/mol. The molecule has 0 bridgehead atoms. The summed E-state index contributed by atoms with van der Waals surface area (Å²) in [6.07, 6.45) is 5.26. The predicted molar refractivity (Wildman–Crippen MR) is 94.1 cm³/mol. The number of rotatable bonds is 4. The van der Waals surface area contributed by atoms with Crippen molar-refractivity contribution >= 4 is 27.4 Å². The third-order valence-electron chi connectivity index (χ3n) is 4.20. The zero-order valence-electron chi connectivity index (χ0n) is 13.1. The smallest absolute Gasteiger partial charge is 0.243 e. The SMILES string of the molecule is C=Cc1ccc(S(=O)(=O)N2CCC(c3ncc(C)s3)CC2)cc1. The maximum Gasteiger partial charge on any atom is 0.243 e. The number of aromatic nitrogens is 1. The van der Waals surface area contributed by atoms with Gasteiger partial charge in [0.1, 0.15) is 0 Å². The molecule has 1 aliphatic heterocycles. The van der Waals surface area contributed by atoms with Gasteiger partial charge in [-0.25, -0.2) is 13.4 Å². The molecule has 1 saturated heterocycles. The van der Waals surface area contributed by atoms with Gasteiger partial charge in [0.25, 0.3) is 0 Å². The van der Waals surface area contributed by atoms with Crippen molar-refractivity contribution in [2.75, 3.05) is 13.1 Å². The van der Waals surface area contributed by atoms with Crippen LogP contribution < -0.4 is 0 Å². The topological polar surface area (TPSA) is 50.3 Å². The van der Waals surface area contributed by atoms with E-state index in [4.69, 9.17) is 0 Å². The maximum atomic E-state index is 12.7. The molecule has 0 saturated carbocycles. The van der Waals surface area contributed by atoms with Crippen molar-refractivity contribution in [1.29, 1.82) is 0 Å². The third kappa shape index (κ3) is 3.39. The van der Waals surface area contributed by atoms with Gasteiger partial charge in [-0.1, -0.05) is 24.8 Å². The standard InChI is InChI=1S/C17H20N2O2S2/c1-3-14-4-6-16(7-5-14)23(20,21)19-10-8-15(9-11-19)17-18-12-13(2)22-17/h3-7,12,15H,1,8-11H2,2H3. The summed E-state index contributed by atoms with van der Waals surface area (Å²) in [6.45, 7) is 6.84. The first kappa shape index (κ1) is 16.4. The summed E-state index contributed by atoms with van der Waals surface area (Å²) in [5.41, 5.74) is 0.918. The summed E-state index contributed by atoms with van der Waals surface area (Å²) in [6, 6.07) is 6.88. The van der Waals surface area contributed by atoms with Gasteiger partial charge in [0.05, 0.1) is 9.90 Å². The van der Waals surface area contributed by atoms with E-state index in [1.54, 1.807) is 46.0 Å². The number of piperidine rings is 1. The molecule has 1 fully saturated rings. The van der Waals surface area contributed by atoms with E-state index >= 15 is 0 Å². The van der Waals surface area contributed by atoms with Gasteiger partial charge in [0, 0.05) is 30.1 Å². The van der Waals surface area contributed by atoms with Gasteiger partial charge in [-0.05, 0) is 37.5 Å². The zero-order chi connectivity index (χ0) is 16.4. The third-order valence-corrected chi connectivity index (χ3v) is 7.18. The molecule has 122 valence electrons. The van der Waals surface area contributed by atoms with Crippen LogP contribution in [0.4, 0.5) is 0 Å². The van der Waals surface area contributed by atoms with Gasteiger partial charge >= 0.3 is 0 Å². The van der Waals surface area contributed by atoms with Gasteiger partial charge in [-0.15, -0.1) is 11.3 Å². The first-order valence-electron chi connectivity index (χ1n) is 7.65. The monoisotopic (exact) mass is 348 g/mol. The van der Waals surface area contributed by atoms with Crippen LogP contribution in [-0.4, -0.2) is 30.8 Å². The Balaban J connectivity index is 1.71. The van der Waals surface area contributed by atoms with Crippen molar-refractivity contribution in [2.24, 2.45) is 0 Å². The molecule has 1 aromatic heterocycles. The van der Waals surface area contributed by atoms with E-state index in [0.29, 0.717) is 23.9 Å². The number of thiazole rings is 1. The Bertz CT molecular complexity index is 786. The first-order valence-corrected chi connectivity index (χ1v) is 9.91. The van der Waals surface area contributed by atoms with Crippen molar-refractivity contribution in [1.82, 2.24) is 9.29 Å². The zero-order valence-corrected chi connectivity index (χ0v) is 14.7. The maximum absolute atomic E-state index is 12.7. The van der Waals surface area contributed by atoms with E-state index in [1.165, 1.54) is 4.88 Å². The van der Waals surface area contributed by atoms with Crippen molar-refractivity contribution in [3.8, 4) is 0 Å². The average Bonchev–Trinajstić information content (AvgIpc) is 3.01. The summed E-state index contributed by atoms with van der Waals surface area (Å²) in [4.78, 5) is 6.00. The van der Waals surface area contributed by atoms with E-state index in [2.05, 4.69) is 11.6 Å². The lowest BCUT2D eigenvalue weighted by atomic mass is 9.99. The molecule has 2 aromatic rings. The highest BCUT2D eigenvalue weighted by molar-refractivity contribution is 7.89. The lowest BCUT2D eigenvalue weighted by molar-refractivity contribution is 0.319. The molecule has 2 heterocycles. The first-order chi connectivity index (χ1) is 11.0. The lowest BCUT2D eigenvalue weighted by Crippen LogP contribution is -2.37. The Hall–Kier alpha value is -1.50. The molecule has 3 rings (SSSR count). The van der Waals surface area contributed by atoms with Crippen molar-refractivity contribution in [2.45, 2.75) is 30.6 Å². The Morgan fingerprint density at radius 3 is 2.43 bits per heavy atom. The molecule has 4 nitrogen and oxygen atoms in total. The van der Waals surface area contributed by atoms with Gasteiger partial charge in [-0.2, -0.15) is 4.31 Å². The molecule has 0 amide bonds. The number of sulfonamides is 1. The van der Waals surface area contributed by atoms with E-state index in [-0.39, 0.29) is 0 Å². The minimum atomic E-state index is -3.41. The highest BCUT2D eigenvalue weighted by atomic mass is 32.2. The molecule has 1 aromatic carbocycles.